The fourth-order valence-corrected chi connectivity index (χ4v) is 4.45. The van der Waals surface area contributed by atoms with Gasteiger partial charge in [-0.15, -0.1) is 0 Å². The van der Waals surface area contributed by atoms with Gasteiger partial charge in [-0.05, 0) is 66.6 Å². The molecule has 1 aliphatic carbocycles. The maximum Gasteiger partial charge on any atom is 0.306 e. The van der Waals surface area contributed by atoms with Crippen LogP contribution in [-0.4, -0.2) is 20.7 Å². The lowest BCUT2D eigenvalue weighted by Gasteiger charge is -2.34. The molecule has 1 aliphatic rings. The number of benzene rings is 2. The minimum atomic E-state index is -0.765. The molecule has 2 N–H and O–H groups in total. The third kappa shape index (κ3) is 2.94. The summed E-state index contributed by atoms with van der Waals surface area (Å²) in [7, 11) is 0. The molecule has 0 unspecified atom stereocenters. The lowest BCUT2D eigenvalue weighted by Crippen LogP contribution is -2.29. The number of carbonyl (C=O) groups is 1. The minimum absolute atomic E-state index is 0.0453. The van der Waals surface area contributed by atoms with Crippen molar-refractivity contribution in [2.75, 3.05) is 0 Å². The van der Waals surface area contributed by atoms with Gasteiger partial charge in [-0.2, -0.15) is 0 Å². The van der Waals surface area contributed by atoms with Gasteiger partial charge in [-0.1, -0.05) is 25.4 Å². The Morgan fingerprint density at radius 3 is 2.54 bits per heavy atom. The third-order valence-electron chi connectivity index (χ3n) is 5.63. The second-order valence-corrected chi connectivity index (χ2v) is 8.20. The molecular formula is C22H21ClFNO3. The van der Waals surface area contributed by atoms with Crippen molar-refractivity contribution in [1.29, 1.82) is 0 Å². The third-order valence-corrected chi connectivity index (χ3v) is 5.92. The maximum atomic E-state index is 13.7. The predicted molar refractivity (Wildman–Crippen MR) is 107 cm³/mol. The number of aliphatic carboxylic acids is 1. The summed E-state index contributed by atoms with van der Waals surface area (Å²) in [5, 5.41) is 20.3. The van der Waals surface area contributed by atoms with Gasteiger partial charge >= 0.3 is 5.97 Å². The fraction of sp³-hybridized carbons (Fsp3) is 0.318. The lowest BCUT2D eigenvalue weighted by molar-refractivity contribution is -0.145. The molecule has 4 nitrogen and oxygen atoms in total. The van der Waals surface area contributed by atoms with Crippen molar-refractivity contribution in [3.8, 4) is 11.4 Å². The molecule has 1 saturated carbocycles. The van der Waals surface area contributed by atoms with E-state index in [2.05, 4.69) is 13.8 Å². The second-order valence-electron chi connectivity index (χ2n) is 7.79. The number of hydrogen-bond acceptors (Lipinski definition) is 2. The second kappa shape index (κ2) is 6.82. The summed E-state index contributed by atoms with van der Waals surface area (Å²) in [6.07, 6.45) is 1.15. The van der Waals surface area contributed by atoms with Gasteiger partial charge in [0.25, 0.3) is 0 Å². The zero-order valence-electron chi connectivity index (χ0n) is 15.6. The number of carboxylic acids is 1. The van der Waals surface area contributed by atoms with Crippen molar-refractivity contribution in [2.45, 2.75) is 38.5 Å². The number of nitrogens with zero attached hydrogens (tertiary/aromatic N) is 1. The summed E-state index contributed by atoms with van der Waals surface area (Å²) in [4.78, 5) is 11.3. The topological polar surface area (TPSA) is 62.5 Å². The number of aromatic hydroxyl groups is 1. The van der Waals surface area contributed by atoms with Crippen LogP contribution >= 0.6 is 11.6 Å². The van der Waals surface area contributed by atoms with Crippen molar-refractivity contribution in [3.05, 3.63) is 58.5 Å². The van der Waals surface area contributed by atoms with Crippen LogP contribution in [0.25, 0.3) is 16.6 Å². The quantitative estimate of drug-likeness (QED) is 0.578. The van der Waals surface area contributed by atoms with E-state index in [1.54, 1.807) is 24.3 Å². The monoisotopic (exact) mass is 401 g/mol. The van der Waals surface area contributed by atoms with Crippen molar-refractivity contribution in [3.63, 3.8) is 0 Å². The number of halogens is 2. The number of fused-ring (bicyclic) bond motifs is 1. The zero-order valence-corrected chi connectivity index (χ0v) is 16.4. The van der Waals surface area contributed by atoms with Crippen molar-refractivity contribution < 1.29 is 19.4 Å². The van der Waals surface area contributed by atoms with E-state index in [1.807, 2.05) is 10.6 Å². The van der Waals surface area contributed by atoms with Gasteiger partial charge in [0.05, 0.1) is 16.5 Å². The number of carboxylic acid groups (broad SMARTS) is 1. The van der Waals surface area contributed by atoms with Gasteiger partial charge in [0.2, 0.25) is 0 Å². The summed E-state index contributed by atoms with van der Waals surface area (Å²) in [6.45, 7) is 4.15. The predicted octanol–water partition coefficient (Wildman–Crippen LogP) is 5.83. The van der Waals surface area contributed by atoms with E-state index < -0.39 is 11.8 Å². The number of hydrogen-bond donors (Lipinski definition) is 2. The molecule has 0 spiro atoms. The van der Waals surface area contributed by atoms with Crippen LogP contribution in [0.2, 0.25) is 5.02 Å². The number of phenols is 1. The number of rotatable bonds is 4. The Bertz CT molecular complexity index is 1080. The molecule has 4 rings (SSSR count). The highest BCUT2D eigenvalue weighted by Crippen LogP contribution is 2.49. The molecule has 1 heterocycles. The van der Waals surface area contributed by atoms with Crippen molar-refractivity contribution in [2.24, 2.45) is 5.92 Å². The smallest absolute Gasteiger partial charge is 0.306 e. The molecule has 0 radical (unpaired) electrons. The fourth-order valence-electron chi connectivity index (χ4n) is 4.28. The molecule has 1 fully saturated rings. The first-order chi connectivity index (χ1) is 13.3. The largest absolute Gasteiger partial charge is 0.508 e. The van der Waals surface area contributed by atoms with Crippen LogP contribution in [-0.2, 0) is 4.79 Å². The molecule has 0 saturated heterocycles. The first kappa shape index (κ1) is 18.8. The Morgan fingerprint density at radius 2 is 1.93 bits per heavy atom. The van der Waals surface area contributed by atoms with E-state index in [1.165, 1.54) is 6.07 Å². The molecule has 0 aliphatic heterocycles. The lowest BCUT2D eigenvalue weighted by atomic mass is 9.70. The maximum absolute atomic E-state index is 13.7. The number of aromatic nitrogens is 1. The summed E-state index contributed by atoms with van der Waals surface area (Å²) in [5.74, 6) is -1.17. The molecule has 0 bridgehead atoms. The standard InChI is InChI=1S/C22H21ClFNO3/c1-11(2)21-20(12-7-13(8-12)22(27)28)16-10-15(26)4-6-19(16)25(21)14-3-5-18(24)17(23)9-14/h3-6,9-13,26H,7-8H2,1-2H3,(H,27,28). The summed E-state index contributed by atoms with van der Waals surface area (Å²) in [5.41, 5.74) is 3.74. The molecule has 6 heteroatoms. The molecule has 0 amide bonds. The van der Waals surface area contributed by atoms with Crippen LogP contribution in [0.15, 0.2) is 36.4 Å². The van der Waals surface area contributed by atoms with Crippen LogP contribution in [0.1, 0.15) is 49.8 Å². The molecule has 0 atom stereocenters. The summed E-state index contributed by atoms with van der Waals surface area (Å²) in [6, 6.07) is 9.82. The van der Waals surface area contributed by atoms with E-state index in [0.717, 1.165) is 27.8 Å². The van der Waals surface area contributed by atoms with Gasteiger partial charge in [0.15, 0.2) is 0 Å². The van der Waals surface area contributed by atoms with Crippen molar-refractivity contribution >= 4 is 28.5 Å². The zero-order chi connectivity index (χ0) is 20.2. The average molecular weight is 402 g/mol. The van der Waals surface area contributed by atoms with Gasteiger partial charge in [-0.25, -0.2) is 4.39 Å². The van der Waals surface area contributed by atoms with E-state index in [0.29, 0.717) is 12.8 Å². The van der Waals surface area contributed by atoms with Crippen LogP contribution < -0.4 is 0 Å². The highest BCUT2D eigenvalue weighted by molar-refractivity contribution is 6.30. The Morgan fingerprint density at radius 1 is 1.21 bits per heavy atom. The van der Waals surface area contributed by atoms with Crippen LogP contribution in [0.3, 0.4) is 0 Å². The van der Waals surface area contributed by atoms with E-state index >= 15 is 0 Å². The van der Waals surface area contributed by atoms with E-state index in [4.69, 9.17) is 11.6 Å². The molecule has 2 aromatic carbocycles. The SMILES string of the molecule is CC(C)c1c(C2CC(C(=O)O)C2)c2cc(O)ccc2n1-c1ccc(F)c(Cl)c1. The Kier molecular flexibility index (Phi) is 4.58. The average Bonchev–Trinajstić information content (AvgIpc) is 2.90. The van der Waals surface area contributed by atoms with Gasteiger partial charge in [-0.3, -0.25) is 4.79 Å². The van der Waals surface area contributed by atoms with Crippen LogP contribution in [0.5, 0.6) is 5.75 Å². The first-order valence-electron chi connectivity index (χ1n) is 9.33. The highest BCUT2D eigenvalue weighted by Gasteiger charge is 2.39. The molecule has 3 aromatic rings. The molecular weight excluding hydrogens is 381 g/mol. The Balaban J connectivity index is 1.98. The first-order valence-corrected chi connectivity index (χ1v) is 9.71. The van der Waals surface area contributed by atoms with E-state index in [-0.39, 0.29) is 28.5 Å². The summed E-state index contributed by atoms with van der Waals surface area (Å²) < 4.78 is 15.8. The summed E-state index contributed by atoms with van der Waals surface area (Å²) >= 11 is 6.04. The van der Waals surface area contributed by atoms with Gasteiger partial charge in [0, 0.05) is 16.8 Å². The number of phenolic OH excluding ortho intramolecular Hbond substituents is 1. The Labute approximate surface area is 167 Å². The van der Waals surface area contributed by atoms with Gasteiger partial charge in [0.1, 0.15) is 11.6 Å². The Hall–Kier alpha value is -2.53. The van der Waals surface area contributed by atoms with Crippen LogP contribution in [0, 0.1) is 11.7 Å². The molecule has 146 valence electrons. The van der Waals surface area contributed by atoms with E-state index in [9.17, 15) is 19.4 Å². The minimum Gasteiger partial charge on any atom is -0.508 e. The highest BCUT2D eigenvalue weighted by atomic mass is 35.5. The molecule has 28 heavy (non-hydrogen) atoms. The normalized spacial score (nSPS) is 19.2. The molecule has 1 aromatic heterocycles. The van der Waals surface area contributed by atoms with Crippen LogP contribution in [0.4, 0.5) is 4.39 Å². The van der Waals surface area contributed by atoms with Crippen molar-refractivity contribution in [1.82, 2.24) is 4.57 Å². The van der Waals surface area contributed by atoms with Gasteiger partial charge < -0.3 is 14.8 Å².